The topological polar surface area (TPSA) is 6.48 Å². The molecule has 2 saturated heterocycles. The van der Waals surface area contributed by atoms with Crippen LogP contribution in [0.5, 0.6) is 0 Å². The van der Waals surface area contributed by atoms with Gasteiger partial charge in [-0.25, -0.2) is 8.78 Å². The molecular formula is C11H20F2N2. The Morgan fingerprint density at radius 1 is 1.20 bits per heavy atom. The first kappa shape index (κ1) is 11.3. The van der Waals surface area contributed by atoms with Crippen molar-refractivity contribution < 1.29 is 8.78 Å². The van der Waals surface area contributed by atoms with Crippen molar-refractivity contribution in [2.75, 3.05) is 39.3 Å². The molecule has 0 bridgehead atoms. The summed E-state index contributed by atoms with van der Waals surface area (Å²) in [4.78, 5) is 4.25. The Balaban J connectivity index is 1.62. The quantitative estimate of drug-likeness (QED) is 0.711. The maximum absolute atomic E-state index is 12.6. The third-order valence-electron chi connectivity index (χ3n) is 3.38. The van der Waals surface area contributed by atoms with E-state index in [1.165, 1.54) is 12.8 Å². The molecule has 0 aromatic heterocycles. The van der Waals surface area contributed by atoms with Gasteiger partial charge in [0.15, 0.2) is 0 Å². The number of likely N-dealkylation sites (tertiary alicyclic amines) is 2. The average Bonchev–Trinajstić information content (AvgIpc) is 2.11. The van der Waals surface area contributed by atoms with E-state index in [1.54, 1.807) is 0 Å². The van der Waals surface area contributed by atoms with Gasteiger partial charge < -0.3 is 4.90 Å². The molecule has 0 amide bonds. The van der Waals surface area contributed by atoms with E-state index in [9.17, 15) is 8.78 Å². The summed E-state index contributed by atoms with van der Waals surface area (Å²) in [5.74, 6) is -1.63. The minimum atomic E-state index is -2.41. The highest BCUT2D eigenvalue weighted by atomic mass is 19.3. The van der Waals surface area contributed by atoms with Gasteiger partial charge in [0.2, 0.25) is 0 Å². The van der Waals surface area contributed by atoms with Crippen molar-refractivity contribution in [3.8, 4) is 0 Å². The van der Waals surface area contributed by atoms with Crippen molar-refractivity contribution in [2.45, 2.75) is 25.7 Å². The fourth-order valence-corrected chi connectivity index (χ4v) is 2.54. The van der Waals surface area contributed by atoms with Crippen molar-refractivity contribution >= 4 is 0 Å². The molecule has 0 N–H and O–H groups in total. The number of piperidine rings is 1. The van der Waals surface area contributed by atoms with E-state index in [4.69, 9.17) is 0 Å². The Hall–Kier alpha value is -0.220. The second-order valence-electron chi connectivity index (χ2n) is 5.11. The molecule has 1 atom stereocenters. The van der Waals surface area contributed by atoms with E-state index in [-0.39, 0.29) is 13.1 Å². The molecule has 15 heavy (non-hydrogen) atoms. The molecular weight excluding hydrogens is 198 g/mol. The summed E-state index contributed by atoms with van der Waals surface area (Å²) in [6.07, 6.45) is 2.58. The van der Waals surface area contributed by atoms with Gasteiger partial charge in [0.25, 0.3) is 5.92 Å². The number of hydrogen-bond acceptors (Lipinski definition) is 2. The summed E-state index contributed by atoms with van der Waals surface area (Å²) in [6.45, 7) is 6.26. The maximum Gasteiger partial charge on any atom is 0.272 e. The third-order valence-corrected chi connectivity index (χ3v) is 3.38. The van der Waals surface area contributed by atoms with Crippen LogP contribution in [0.15, 0.2) is 0 Å². The van der Waals surface area contributed by atoms with Gasteiger partial charge in [-0.2, -0.15) is 0 Å². The molecule has 0 aliphatic carbocycles. The van der Waals surface area contributed by atoms with Gasteiger partial charge in [-0.05, 0) is 25.3 Å². The van der Waals surface area contributed by atoms with Crippen LogP contribution in [-0.2, 0) is 0 Å². The van der Waals surface area contributed by atoms with Crippen LogP contribution in [0.3, 0.4) is 0 Å². The summed E-state index contributed by atoms with van der Waals surface area (Å²) in [5, 5.41) is 0. The minimum Gasteiger partial charge on any atom is -0.302 e. The Labute approximate surface area is 90.2 Å². The normalized spacial score (nSPS) is 32.6. The van der Waals surface area contributed by atoms with Gasteiger partial charge in [-0.15, -0.1) is 0 Å². The Kier molecular flexibility index (Phi) is 3.26. The van der Waals surface area contributed by atoms with Crippen LogP contribution in [0.2, 0.25) is 0 Å². The molecule has 2 nitrogen and oxygen atoms in total. The molecule has 88 valence electrons. The fourth-order valence-electron chi connectivity index (χ4n) is 2.54. The van der Waals surface area contributed by atoms with Gasteiger partial charge in [-0.3, -0.25) is 4.90 Å². The van der Waals surface area contributed by atoms with Crippen molar-refractivity contribution in [3.63, 3.8) is 0 Å². The molecule has 2 heterocycles. The smallest absolute Gasteiger partial charge is 0.272 e. The standard InChI is InChI=1S/C11H20F2N2/c1-10-3-2-4-14(7-10)5-6-15-8-11(12,13)9-15/h10H,2-9H2,1H3. The first-order valence-electron chi connectivity index (χ1n) is 5.88. The van der Waals surface area contributed by atoms with Crippen LogP contribution in [-0.4, -0.2) is 55.0 Å². The van der Waals surface area contributed by atoms with E-state index in [0.29, 0.717) is 0 Å². The van der Waals surface area contributed by atoms with Crippen LogP contribution in [0.1, 0.15) is 19.8 Å². The van der Waals surface area contributed by atoms with Crippen LogP contribution >= 0.6 is 0 Å². The fraction of sp³-hybridized carbons (Fsp3) is 1.00. The van der Waals surface area contributed by atoms with Crippen LogP contribution in [0, 0.1) is 5.92 Å². The first-order chi connectivity index (χ1) is 7.05. The molecule has 0 saturated carbocycles. The van der Waals surface area contributed by atoms with Crippen LogP contribution in [0.4, 0.5) is 8.78 Å². The lowest BCUT2D eigenvalue weighted by Crippen LogP contribution is -2.57. The van der Waals surface area contributed by atoms with E-state index >= 15 is 0 Å². The van der Waals surface area contributed by atoms with Crippen molar-refractivity contribution in [1.29, 1.82) is 0 Å². The van der Waals surface area contributed by atoms with E-state index < -0.39 is 5.92 Å². The molecule has 0 aromatic rings. The largest absolute Gasteiger partial charge is 0.302 e. The van der Waals surface area contributed by atoms with Gasteiger partial charge in [0.05, 0.1) is 13.1 Å². The van der Waals surface area contributed by atoms with E-state index in [2.05, 4.69) is 11.8 Å². The summed E-state index contributed by atoms with van der Waals surface area (Å²) >= 11 is 0. The predicted molar refractivity (Wildman–Crippen MR) is 56.2 cm³/mol. The van der Waals surface area contributed by atoms with Crippen molar-refractivity contribution in [1.82, 2.24) is 9.80 Å². The number of alkyl halides is 2. The Morgan fingerprint density at radius 3 is 2.47 bits per heavy atom. The highest BCUT2D eigenvalue weighted by Crippen LogP contribution is 2.26. The number of halogens is 2. The van der Waals surface area contributed by atoms with E-state index in [0.717, 1.165) is 32.1 Å². The lowest BCUT2D eigenvalue weighted by molar-refractivity contribution is -0.131. The molecule has 0 aromatic carbocycles. The van der Waals surface area contributed by atoms with Gasteiger partial charge in [0.1, 0.15) is 0 Å². The lowest BCUT2D eigenvalue weighted by Gasteiger charge is -2.40. The van der Waals surface area contributed by atoms with Crippen LogP contribution in [0.25, 0.3) is 0 Å². The molecule has 0 radical (unpaired) electrons. The number of rotatable bonds is 3. The predicted octanol–water partition coefficient (Wildman–Crippen LogP) is 1.67. The molecule has 2 aliphatic rings. The van der Waals surface area contributed by atoms with Gasteiger partial charge in [-0.1, -0.05) is 6.92 Å². The van der Waals surface area contributed by atoms with E-state index in [1.807, 2.05) is 4.90 Å². The zero-order chi connectivity index (χ0) is 10.9. The molecule has 2 aliphatic heterocycles. The maximum atomic E-state index is 12.6. The van der Waals surface area contributed by atoms with Gasteiger partial charge in [0, 0.05) is 19.6 Å². The molecule has 4 heteroatoms. The third kappa shape index (κ3) is 3.11. The summed E-state index contributed by atoms with van der Waals surface area (Å²) in [5.41, 5.74) is 0. The molecule has 1 unspecified atom stereocenters. The Morgan fingerprint density at radius 2 is 1.87 bits per heavy atom. The molecule has 2 rings (SSSR count). The SMILES string of the molecule is CC1CCCN(CCN2CC(F)(F)C2)C1. The zero-order valence-electron chi connectivity index (χ0n) is 9.38. The first-order valence-corrected chi connectivity index (χ1v) is 5.88. The Bertz CT molecular complexity index is 213. The van der Waals surface area contributed by atoms with Crippen molar-refractivity contribution in [2.24, 2.45) is 5.92 Å². The van der Waals surface area contributed by atoms with Crippen molar-refractivity contribution in [3.05, 3.63) is 0 Å². The number of hydrogen-bond donors (Lipinski definition) is 0. The van der Waals surface area contributed by atoms with Crippen LogP contribution < -0.4 is 0 Å². The summed E-state index contributed by atoms with van der Waals surface area (Å²) in [6, 6.07) is 0. The number of nitrogens with zero attached hydrogens (tertiary/aromatic N) is 2. The lowest BCUT2D eigenvalue weighted by atomic mass is 10.0. The second kappa shape index (κ2) is 4.34. The minimum absolute atomic E-state index is 0.0314. The average molecular weight is 218 g/mol. The zero-order valence-corrected chi connectivity index (χ0v) is 9.38. The highest BCUT2D eigenvalue weighted by molar-refractivity contribution is 4.87. The second-order valence-corrected chi connectivity index (χ2v) is 5.11. The highest BCUT2D eigenvalue weighted by Gasteiger charge is 2.43. The summed E-state index contributed by atoms with van der Waals surface area (Å²) in [7, 11) is 0. The molecule has 2 fully saturated rings. The molecule has 0 spiro atoms. The summed E-state index contributed by atoms with van der Waals surface area (Å²) < 4.78 is 25.1. The monoisotopic (exact) mass is 218 g/mol. The van der Waals surface area contributed by atoms with Gasteiger partial charge >= 0.3 is 0 Å².